The van der Waals surface area contributed by atoms with Crippen LogP contribution < -0.4 is 9.88 Å². The molecule has 2 aromatic carbocycles. The predicted octanol–water partition coefficient (Wildman–Crippen LogP) is 4.09. The van der Waals surface area contributed by atoms with Crippen LogP contribution in [0.1, 0.15) is 31.8 Å². The molecule has 0 saturated heterocycles. The van der Waals surface area contributed by atoms with E-state index >= 15 is 0 Å². The Hall–Kier alpha value is -3.60. The van der Waals surface area contributed by atoms with Gasteiger partial charge >= 0.3 is 0 Å². The number of rotatable bonds is 3. The molecule has 0 radical (unpaired) electrons. The average Bonchev–Trinajstić information content (AvgIpc) is 2.67. The van der Waals surface area contributed by atoms with Crippen molar-refractivity contribution in [2.45, 2.75) is 13.8 Å². The Balaban J connectivity index is 1.94. The zero-order chi connectivity index (χ0) is 19.8. The monoisotopic (exact) mass is 373 g/mol. The second-order valence-electron chi connectivity index (χ2n) is 6.86. The lowest BCUT2D eigenvalue weighted by atomic mass is 9.90. The first-order chi connectivity index (χ1) is 13.4. The fourth-order valence-electron chi connectivity index (χ4n) is 3.44. The summed E-state index contributed by atoms with van der Waals surface area (Å²) < 4.78 is 15.0. The van der Waals surface area contributed by atoms with E-state index in [1.54, 1.807) is 28.8 Å². The Kier molecular flexibility index (Phi) is 4.35. The van der Waals surface area contributed by atoms with Crippen molar-refractivity contribution in [2.24, 2.45) is 0 Å². The molecule has 1 heterocycles. The van der Waals surface area contributed by atoms with Gasteiger partial charge in [0.05, 0.1) is 0 Å². The lowest BCUT2D eigenvalue weighted by Crippen LogP contribution is -2.42. The maximum absolute atomic E-state index is 13.3. The number of ketones is 2. The summed E-state index contributed by atoms with van der Waals surface area (Å²) in [5, 5.41) is 3.04. The first kappa shape index (κ1) is 17.8. The largest absolute Gasteiger partial charge is 0.347 e. The first-order valence-corrected chi connectivity index (χ1v) is 8.89. The van der Waals surface area contributed by atoms with Crippen LogP contribution in [-0.2, 0) is 0 Å². The highest BCUT2D eigenvalue weighted by atomic mass is 19.1. The van der Waals surface area contributed by atoms with Gasteiger partial charge in [-0.3, -0.25) is 9.59 Å². The maximum atomic E-state index is 13.3. The minimum Gasteiger partial charge on any atom is -0.347 e. The van der Waals surface area contributed by atoms with E-state index < -0.39 is 0 Å². The first-order valence-electron chi connectivity index (χ1n) is 8.89. The van der Waals surface area contributed by atoms with Crippen molar-refractivity contribution in [2.75, 3.05) is 5.32 Å². The van der Waals surface area contributed by atoms with E-state index in [1.165, 1.54) is 24.3 Å². The van der Waals surface area contributed by atoms with Gasteiger partial charge in [0.2, 0.25) is 5.78 Å². The third-order valence-corrected chi connectivity index (χ3v) is 4.61. The van der Waals surface area contributed by atoms with Crippen molar-refractivity contribution in [1.29, 1.82) is 0 Å². The summed E-state index contributed by atoms with van der Waals surface area (Å²) in [6.07, 6.45) is 3.63. The van der Waals surface area contributed by atoms with E-state index in [1.807, 2.05) is 32.3 Å². The number of nitrogens with zero attached hydrogens (tertiary/aromatic N) is 1. The number of hydrogen-bond acceptors (Lipinski definition) is 3. The summed E-state index contributed by atoms with van der Waals surface area (Å²) in [7, 11) is 0. The maximum Gasteiger partial charge on any atom is 0.286 e. The second kappa shape index (κ2) is 6.85. The van der Waals surface area contributed by atoms with E-state index in [0.29, 0.717) is 16.8 Å². The quantitative estimate of drug-likeness (QED) is 0.704. The van der Waals surface area contributed by atoms with Crippen LogP contribution in [-0.4, -0.2) is 11.6 Å². The molecular formula is C23H18FN2O2+. The molecule has 0 unspecified atom stereocenters. The standard InChI is InChI=1S/C23H17FN2O2/c1-14-11-15(2)13-26(12-14)21-20(25-17-9-7-16(24)8-10-17)22(27)18-5-3-4-6-19(18)23(21)28/h3-13H,1-2H3/p+1. The molecule has 1 N–H and O–H groups in total. The fraction of sp³-hybridized carbons (Fsp3) is 0.0870. The van der Waals surface area contributed by atoms with Gasteiger partial charge in [0.25, 0.3) is 11.5 Å². The number of benzene rings is 2. The summed E-state index contributed by atoms with van der Waals surface area (Å²) in [5.74, 6) is -0.893. The van der Waals surface area contributed by atoms with Crippen molar-refractivity contribution < 1.29 is 18.5 Å². The molecule has 1 aromatic heterocycles. The van der Waals surface area contributed by atoms with E-state index in [2.05, 4.69) is 5.32 Å². The van der Waals surface area contributed by atoms with Crippen molar-refractivity contribution in [3.63, 3.8) is 0 Å². The number of fused-ring (bicyclic) bond motifs is 1. The van der Waals surface area contributed by atoms with Crippen LogP contribution >= 0.6 is 0 Å². The van der Waals surface area contributed by atoms with Crippen LogP contribution in [0.5, 0.6) is 0 Å². The number of aromatic nitrogens is 1. The van der Waals surface area contributed by atoms with Crippen molar-refractivity contribution in [3.8, 4) is 0 Å². The molecule has 5 heteroatoms. The van der Waals surface area contributed by atoms with Crippen molar-refractivity contribution >= 4 is 23.0 Å². The Morgan fingerprint density at radius 1 is 0.821 bits per heavy atom. The number of halogens is 1. The summed E-state index contributed by atoms with van der Waals surface area (Å²) in [5.41, 5.74) is 3.61. The molecule has 1 aliphatic rings. The molecule has 0 spiro atoms. The number of hydrogen-bond donors (Lipinski definition) is 1. The molecule has 1 aliphatic carbocycles. The number of anilines is 1. The van der Waals surface area contributed by atoms with Gasteiger partial charge in [-0.2, -0.15) is 4.57 Å². The van der Waals surface area contributed by atoms with Gasteiger partial charge in [-0.25, -0.2) is 4.39 Å². The number of carbonyl (C=O) groups is 2. The molecule has 0 bridgehead atoms. The Labute approximate surface area is 162 Å². The average molecular weight is 373 g/mol. The number of aryl methyl sites for hydroxylation is 2. The van der Waals surface area contributed by atoms with Crippen molar-refractivity contribution in [3.05, 3.63) is 101 Å². The number of nitrogens with one attached hydrogen (secondary N) is 1. The lowest BCUT2D eigenvalue weighted by molar-refractivity contribution is -0.578. The molecule has 3 aromatic rings. The second-order valence-corrected chi connectivity index (χ2v) is 6.86. The summed E-state index contributed by atoms with van der Waals surface area (Å²) >= 11 is 0. The van der Waals surface area contributed by atoms with Gasteiger partial charge in [-0.15, -0.1) is 0 Å². The van der Waals surface area contributed by atoms with Gasteiger partial charge < -0.3 is 5.32 Å². The number of pyridine rings is 1. The Bertz CT molecular complexity index is 1130. The summed E-state index contributed by atoms with van der Waals surface area (Å²) in [6.45, 7) is 3.86. The van der Waals surface area contributed by atoms with E-state index in [-0.39, 0.29) is 28.8 Å². The smallest absolute Gasteiger partial charge is 0.286 e. The Morgan fingerprint density at radius 3 is 2.00 bits per heavy atom. The third-order valence-electron chi connectivity index (χ3n) is 4.61. The minimum atomic E-state index is -0.375. The normalized spacial score (nSPS) is 13.5. The highest BCUT2D eigenvalue weighted by molar-refractivity contribution is 6.36. The SMILES string of the molecule is Cc1cc(C)c[n+](C2=C(Nc3ccc(F)cc3)C(=O)c3ccccc3C2=O)c1. The molecule has 4 rings (SSSR count). The van der Waals surface area contributed by atoms with Crippen LogP contribution in [0.3, 0.4) is 0 Å². The molecular weight excluding hydrogens is 355 g/mol. The lowest BCUT2D eigenvalue weighted by Gasteiger charge is -2.18. The molecule has 0 fully saturated rings. The summed E-state index contributed by atoms with van der Waals surface area (Å²) in [6, 6.07) is 14.4. The summed E-state index contributed by atoms with van der Waals surface area (Å²) in [4.78, 5) is 26.5. The molecule has 28 heavy (non-hydrogen) atoms. The van der Waals surface area contributed by atoms with Crippen LogP contribution in [0.2, 0.25) is 0 Å². The Morgan fingerprint density at radius 2 is 1.39 bits per heavy atom. The molecule has 4 nitrogen and oxygen atoms in total. The van der Waals surface area contributed by atoms with Gasteiger partial charge in [0.1, 0.15) is 5.82 Å². The van der Waals surface area contributed by atoms with Gasteiger partial charge in [-0.1, -0.05) is 24.3 Å². The highest BCUT2D eigenvalue weighted by Gasteiger charge is 2.38. The predicted molar refractivity (Wildman–Crippen MR) is 104 cm³/mol. The molecule has 0 saturated carbocycles. The molecule has 138 valence electrons. The zero-order valence-corrected chi connectivity index (χ0v) is 15.5. The van der Waals surface area contributed by atoms with Crippen molar-refractivity contribution in [1.82, 2.24) is 0 Å². The van der Waals surface area contributed by atoms with E-state index in [9.17, 15) is 14.0 Å². The van der Waals surface area contributed by atoms with Gasteiger partial charge in [-0.05, 0) is 44.2 Å². The topological polar surface area (TPSA) is 50.1 Å². The van der Waals surface area contributed by atoms with E-state index in [4.69, 9.17) is 0 Å². The minimum absolute atomic E-state index is 0.172. The molecule has 0 aliphatic heterocycles. The number of carbonyl (C=O) groups excluding carboxylic acids is 2. The highest BCUT2D eigenvalue weighted by Crippen LogP contribution is 2.27. The van der Waals surface area contributed by atoms with E-state index in [0.717, 1.165) is 11.1 Å². The van der Waals surface area contributed by atoms with Crippen LogP contribution in [0.4, 0.5) is 10.1 Å². The fourth-order valence-corrected chi connectivity index (χ4v) is 3.44. The van der Waals surface area contributed by atoms with Crippen LogP contribution in [0.25, 0.3) is 5.70 Å². The molecule has 0 atom stereocenters. The number of Topliss-reactive ketones (excluding diaryl/α,β-unsaturated/α-hetero) is 2. The van der Waals surface area contributed by atoms with Crippen LogP contribution in [0.15, 0.2) is 72.7 Å². The number of allylic oxidation sites excluding steroid dienone is 2. The van der Waals surface area contributed by atoms with Gasteiger partial charge in [0.15, 0.2) is 18.1 Å². The van der Waals surface area contributed by atoms with Crippen LogP contribution in [0, 0.1) is 19.7 Å². The zero-order valence-electron chi connectivity index (χ0n) is 15.5. The third kappa shape index (κ3) is 3.11. The van der Waals surface area contributed by atoms with Gasteiger partial charge in [0, 0.05) is 27.9 Å². The molecule has 0 amide bonds.